The molecule has 0 spiro atoms. The highest BCUT2D eigenvalue weighted by molar-refractivity contribution is 6.31. The van der Waals surface area contributed by atoms with Gasteiger partial charge < -0.3 is 19.5 Å². The van der Waals surface area contributed by atoms with Crippen LogP contribution in [-0.4, -0.2) is 45.3 Å². The number of carbonyl (C=O) groups excluding carboxylic acids is 1. The summed E-state index contributed by atoms with van der Waals surface area (Å²) in [6.45, 7) is 6.92. The van der Waals surface area contributed by atoms with Crippen LogP contribution in [-0.2, 0) is 11.3 Å². The number of rotatable bonds is 4. The van der Waals surface area contributed by atoms with Crippen molar-refractivity contribution < 1.29 is 13.9 Å². The van der Waals surface area contributed by atoms with Crippen LogP contribution in [0.2, 0.25) is 5.02 Å². The van der Waals surface area contributed by atoms with Gasteiger partial charge in [-0.1, -0.05) is 29.8 Å². The van der Waals surface area contributed by atoms with E-state index in [-0.39, 0.29) is 24.5 Å². The average Bonchev–Trinajstić information content (AvgIpc) is 3.29. The van der Waals surface area contributed by atoms with Gasteiger partial charge >= 0.3 is 6.09 Å². The molecular formula is C23H26ClFN4O2. The predicted octanol–water partition coefficient (Wildman–Crippen LogP) is 5.30. The normalized spacial score (nSPS) is 16.7. The Balaban J connectivity index is 1.57. The number of fused-ring (bicyclic) bond motifs is 1. The molecular weight excluding hydrogens is 419 g/mol. The van der Waals surface area contributed by atoms with Crippen LogP contribution >= 0.6 is 11.6 Å². The van der Waals surface area contributed by atoms with Crippen molar-refractivity contribution in [2.24, 2.45) is 0 Å². The van der Waals surface area contributed by atoms with Crippen LogP contribution in [0.15, 0.2) is 42.5 Å². The Kier molecular flexibility index (Phi) is 5.79. The molecule has 0 bridgehead atoms. The number of carbonyl (C=O) groups is 1. The Morgan fingerprint density at radius 3 is 2.77 bits per heavy atom. The summed E-state index contributed by atoms with van der Waals surface area (Å²) in [4.78, 5) is 18.8. The third-order valence-corrected chi connectivity index (χ3v) is 5.56. The lowest BCUT2D eigenvalue weighted by Gasteiger charge is -2.24. The van der Waals surface area contributed by atoms with Crippen molar-refractivity contribution in [2.75, 3.05) is 18.4 Å². The van der Waals surface area contributed by atoms with Gasteiger partial charge in [0.05, 0.1) is 17.6 Å². The predicted molar refractivity (Wildman–Crippen MR) is 120 cm³/mol. The van der Waals surface area contributed by atoms with Crippen LogP contribution in [0.3, 0.4) is 0 Å². The highest BCUT2D eigenvalue weighted by atomic mass is 35.5. The average molecular weight is 445 g/mol. The summed E-state index contributed by atoms with van der Waals surface area (Å²) in [5.74, 6) is 0.268. The SMILES string of the molecule is CC(C)(C)OC(=O)N1CC[C@H](Nc2nc3ccccc3n2Cc2c(F)cccc2Cl)C1. The van der Waals surface area contributed by atoms with Gasteiger partial charge in [0.25, 0.3) is 0 Å². The van der Waals surface area contributed by atoms with E-state index in [4.69, 9.17) is 21.3 Å². The lowest BCUT2D eigenvalue weighted by Crippen LogP contribution is -2.36. The molecule has 1 N–H and O–H groups in total. The Morgan fingerprint density at radius 1 is 1.26 bits per heavy atom. The first-order valence-corrected chi connectivity index (χ1v) is 10.7. The van der Waals surface area contributed by atoms with Crippen LogP contribution in [0.25, 0.3) is 11.0 Å². The number of likely N-dealkylation sites (tertiary alicyclic amines) is 1. The summed E-state index contributed by atoms with van der Waals surface area (Å²) in [6.07, 6.45) is 0.451. The van der Waals surface area contributed by atoms with Crippen LogP contribution < -0.4 is 5.32 Å². The summed E-state index contributed by atoms with van der Waals surface area (Å²) < 4.78 is 21.9. The van der Waals surface area contributed by atoms with Crippen molar-refractivity contribution in [1.29, 1.82) is 0 Å². The molecule has 2 heterocycles. The molecule has 1 fully saturated rings. The number of hydrogen-bond donors (Lipinski definition) is 1. The molecule has 1 atom stereocenters. The second-order valence-corrected chi connectivity index (χ2v) is 9.17. The quantitative estimate of drug-likeness (QED) is 0.593. The van der Waals surface area contributed by atoms with Gasteiger partial charge in [0, 0.05) is 29.7 Å². The minimum Gasteiger partial charge on any atom is -0.444 e. The van der Waals surface area contributed by atoms with Crippen molar-refractivity contribution in [3.63, 3.8) is 0 Å². The first-order chi connectivity index (χ1) is 14.7. The lowest BCUT2D eigenvalue weighted by atomic mass is 10.2. The number of benzene rings is 2. The van der Waals surface area contributed by atoms with E-state index in [1.54, 1.807) is 17.0 Å². The molecule has 0 radical (unpaired) electrons. The van der Waals surface area contributed by atoms with Gasteiger partial charge in [-0.15, -0.1) is 0 Å². The molecule has 0 unspecified atom stereocenters. The highest BCUT2D eigenvalue weighted by Crippen LogP contribution is 2.27. The van der Waals surface area contributed by atoms with Gasteiger partial charge in [0.1, 0.15) is 11.4 Å². The Morgan fingerprint density at radius 2 is 2.03 bits per heavy atom. The summed E-state index contributed by atoms with van der Waals surface area (Å²) in [5, 5.41) is 3.82. The van der Waals surface area contributed by atoms with E-state index in [0.717, 1.165) is 17.5 Å². The topological polar surface area (TPSA) is 59.4 Å². The number of para-hydroxylation sites is 2. The van der Waals surface area contributed by atoms with E-state index in [1.807, 2.05) is 49.6 Å². The summed E-state index contributed by atoms with van der Waals surface area (Å²) in [5.41, 5.74) is 1.57. The molecule has 31 heavy (non-hydrogen) atoms. The fraction of sp³-hybridized carbons (Fsp3) is 0.391. The molecule has 1 aliphatic rings. The number of ether oxygens (including phenoxy) is 1. The van der Waals surface area contributed by atoms with Crippen molar-refractivity contribution in [3.05, 3.63) is 58.9 Å². The van der Waals surface area contributed by atoms with Gasteiger partial charge in [-0.25, -0.2) is 14.2 Å². The molecule has 3 aromatic rings. The fourth-order valence-electron chi connectivity index (χ4n) is 3.74. The number of imidazole rings is 1. The fourth-order valence-corrected chi connectivity index (χ4v) is 3.96. The first-order valence-electron chi connectivity index (χ1n) is 10.3. The zero-order valence-corrected chi connectivity index (χ0v) is 18.6. The van der Waals surface area contributed by atoms with Crippen molar-refractivity contribution in [2.45, 2.75) is 45.4 Å². The van der Waals surface area contributed by atoms with Gasteiger partial charge in [-0.05, 0) is 51.5 Å². The molecule has 6 nitrogen and oxygen atoms in total. The molecule has 0 aliphatic carbocycles. The Labute approximate surface area is 186 Å². The smallest absolute Gasteiger partial charge is 0.410 e. The Bertz CT molecular complexity index is 1090. The zero-order valence-electron chi connectivity index (χ0n) is 17.9. The summed E-state index contributed by atoms with van der Waals surface area (Å²) in [7, 11) is 0. The van der Waals surface area contributed by atoms with Gasteiger partial charge in [0.2, 0.25) is 5.95 Å². The van der Waals surface area contributed by atoms with Gasteiger partial charge in [-0.3, -0.25) is 0 Å². The molecule has 4 rings (SSSR count). The van der Waals surface area contributed by atoms with E-state index in [0.29, 0.717) is 29.6 Å². The molecule has 1 aliphatic heterocycles. The van der Waals surface area contributed by atoms with E-state index < -0.39 is 5.60 Å². The third kappa shape index (κ3) is 4.77. The zero-order chi connectivity index (χ0) is 22.2. The first kappa shape index (κ1) is 21.4. The lowest BCUT2D eigenvalue weighted by molar-refractivity contribution is 0.0293. The minimum absolute atomic E-state index is 0.0131. The van der Waals surface area contributed by atoms with E-state index in [1.165, 1.54) is 6.07 Å². The van der Waals surface area contributed by atoms with Crippen molar-refractivity contribution >= 4 is 34.7 Å². The number of anilines is 1. The molecule has 1 amide bonds. The maximum absolute atomic E-state index is 14.5. The second-order valence-electron chi connectivity index (χ2n) is 8.77. The van der Waals surface area contributed by atoms with Crippen molar-refractivity contribution in [3.8, 4) is 0 Å². The van der Waals surface area contributed by atoms with Gasteiger partial charge in [-0.2, -0.15) is 0 Å². The Hall–Kier alpha value is -2.80. The molecule has 0 saturated carbocycles. The van der Waals surface area contributed by atoms with Crippen LogP contribution in [0.4, 0.5) is 15.1 Å². The number of nitrogens with one attached hydrogen (secondary N) is 1. The number of hydrogen-bond acceptors (Lipinski definition) is 4. The number of nitrogens with zero attached hydrogens (tertiary/aromatic N) is 3. The van der Waals surface area contributed by atoms with Gasteiger partial charge in [0.15, 0.2) is 0 Å². The summed E-state index contributed by atoms with van der Waals surface area (Å²) in [6, 6.07) is 12.4. The van der Waals surface area contributed by atoms with Crippen LogP contribution in [0, 0.1) is 5.82 Å². The third-order valence-electron chi connectivity index (χ3n) is 5.21. The molecule has 1 aromatic heterocycles. The summed E-state index contributed by atoms with van der Waals surface area (Å²) >= 11 is 6.27. The standard InChI is InChI=1S/C23H26ClFN4O2/c1-23(2,3)31-22(30)28-12-11-15(13-28)26-21-27-19-9-4-5-10-20(19)29(21)14-16-17(24)7-6-8-18(16)25/h4-10,15H,11-14H2,1-3H3,(H,26,27)/t15-/m0/s1. The molecule has 8 heteroatoms. The second kappa shape index (κ2) is 8.38. The highest BCUT2D eigenvalue weighted by Gasteiger charge is 2.30. The largest absolute Gasteiger partial charge is 0.444 e. The molecule has 1 saturated heterocycles. The van der Waals surface area contributed by atoms with E-state index in [9.17, 15) is 9.18 Å². The monoisotopic (exact) mass is 444 g/mol. The maximum Gasteiger partial charge on any atom is 0.410 e. The number of halogens is 2. The molecule has 164 valence electrons. The van der Waals surface area contributed by atoms with E-state index in [2.05, 4.69) is 5.32 Å². The molecule has 2 aromatic carbocycles. The number of amides is 1. The van der Waals surface area contributed by atoms with Crippen LogP contribution in [0.1, 0.15) is 32.8 Å². The number of aromatic nitrogens is 2. The van der Waals surface area contributed by atoms with E-state index >= 15 is 0 Å². The van der Waals surface area contributed by atoms with Crippen LogP contribution in [0.5, 0.6) is 0 Å². The maximum atomic E-state index is 14.5. The van der Waals surface area contributed by atoms with Crippen molar-refractivity contribution in [1.82, 2.24) is 14.5 Å². The minimum atomic E-state index is -0.532.